The van der Waals surface area contributed by atoms with Crippen molar-refractivity contribution in [2.24, 2.45) is 0 Å². The zero-order valence-electron chi connectivity index (χ0n) is 11.0. The predicted octanol–water partition coefficient (Wildman–Crippen LogP) is 4.99. The van der Waals surface area contributed by atoms with Crippen LogP contribution in [0.4, 0.5) is 5.69 Å². The highest BCUT2D eigenvalue weighted by atomic mass is 79.9. The van der Waals surface area contributed by atoms with Crippen molar-refractivity contribution < 1.29 is 0 Å². The molecule has 0 radical (unpaired) electrons. The lowest BCUT2D eigenvalue weighted by molar-refractivity contribution is 1.12. The molecule has 0 aliphatic carbocycles. The highest BCUT2D eigenvalue weighted by molar-refractivity contribution is 9.10. The summed E-state index contributed by atoms with van der Waals surface area (Å²) in [5.74, 6) is 0. The summed E-state index contributed by atoms with van der Waals surface area (Å²) < 4.78 is 1.15. The number of aryl methyl sites for hydroxylation is 3. The minimum Gasteiger partial charge on any atom is -0.380 e. The average Bonchev–Trinajstić information content (AvgIpc) is 2.30. The molecule has 2 aromatic rings. The fourth-order valence-corrected chi connectivity index (χ4v) is 2.71. The van der Waals surface area contributed by atoms with Crippen LogP contribution in [0.1, 0.15) is 22.3 Å². The van der Waals surface area contributed by atoms with Crippen LogP contribution in [0.2, 0.25) is 0 Å². The summed E-state index contributed by atoms with van der Waals surface area (Å²) in [5, 5.41) is 3.54. The van der Waals surface area contributed by atoms with Gasteiger partial charge >= 0.3 is 0 Å². The number of hydrogen-bond donors (Lipinski definition) is 1. The molecule has 0 amide bonds. The highest BCUT2D eigenvalue weighted by Crippen LogP contribution is 2.24. The summed E-state index contributed by atoms with van der Waals surface area (Å²) in [7, 11) is 0. The molecule has 0 saturated carbocycles. The Kier molecular flexibility index (Phi) is 4.07. The van der Waals surface area contributed by atoms with Crippen LogP contribution in [0, 0.1) is 20.8 Å². The van der Waals surface area contributed by atoms with E-state index in [9.17, 15) is 0 Å². The molecule has 1 nitrogen and oxygen atoms in total. The molecule has 94 valence electrons. The summed E-state index contributed by atoms with van der Waals surface area (Å²) in [6, 6.07) is 12.7. The second-order valence-corrected chi connectivity index (χ2v) is 5.57. The van der Waals surface area contributed by atoms with E-state index < -0.39 is 0 Å². The number of anilines is 1. The summed E-state index contributed by atoms with van der Waals surface area (Å²) in [6.07, 6.45) is 0. The highest BCUT2D eigenvalue weighted by Gasteiger charge is 2.04. The third-order valence-corrected chi connectivity index (χ3v) is 3.86. The number of rotatable bonds is 3. The first-order valence-electron chi connectivity index (χ1n) is 6.13. The maximum absolute atomic E-state index is 3.58. The Bertz CT molecular complexity index is 538. The Morgan fingerprint density at radius 1 is 1.00 bits per heavy atom. The lowest BCUT2D eigenvalue weighted by atomic mass is 10.0. The van der Waals surface area contributed by atoms with Gasteiger partial charge in [-0.25, -0.2) is 0 Å². The van der Waals surface area contributed by atoms with Crippen LogP contribution in [0.25, 0.3) is 0 Å². The van der Waals surface area contributed by atoms with Gasteiger partial charge in [0.15, 0.2) is 0 Å². The number of benzene rings is 2. The van der Waals surface area contributed by atoms with E-state index in [2.05, 4.69) is 72.3 Å². The number of nitrogens with one attached hydrogen (secondary N) is 1. The normalized spacial score (nSPS) is 10.4. The van der Waals surface area contributed by atoms with Gasteiger partial charge in [0.05, 0.1) is 0 Å². The molecule has 0 bridgehead atoms. The van der Waals surface area contributed by atoms with Crippen molar-refractivity contribution in [2.75, 3.05) is 5.32 Å². The van der Waals surface area contributed by atoms with Crippen molar-refractivity contribution in [3.05, 3.63) is 63.1 Å². The molecule has 0 unspecified atom stereocenters. The van der Waals surface area contributed by atoms with Gasteiger partial charge in [0.2, 0.25) is 0 Å². The zero-order valence-corrected chi connectivity index (χ0v) is 12.6. The van der Waals surface area contributed by atoms with Gasteiger partial charge in [-0.3, -0.25) is 0 Å². The zero-order chi connectivity index (χ0) is 13.1. The SMILES string of the molecule is Cc1cc(C)c(NCc2ccccc2Br)c(C)c1. The molecular formula is C16H18BrN. The molecule has 0 saturated heterocycles. The Morgan fingerprint density at radius 3 is 2.22 bits per heavy atom. The van der Waals surface area contributed by atoms with Crippen LogP contribution in [-0.4, -0.2) is 0 Å². The molecular weight excluding hydrogens is 286 g/mol. The predicted molar refractivity (Wildman–Crippen MR) is 82.1 cm³/mol. The largest absolute Gasteiger partial charge is 0.380 e. The summed E-state index contributed by atoms with van der Waals surface area (Å²) >= 11 is 3.58. The lowest BCUT2D eigenvalue weighted by Gasteiger charge is -2.14. The monoisotopic (exact) mass is 303 g/mol. The minimum atomic E-state index is 0.839. The van der Waals surface area contributed by atoms with Crippen LogP contribution >= 0.6 is 15.9 Å². The maximum Gasteiger partial charge on any atom is 0.0412 e. The Morgan fingerprint density at radius 2 is 1.61 bits per heavy atom. The van der Waals surface area contributed by atoms with Gasteiger partial charge in [-0.2, -0.15) is 0 Å². The molecule has 1 N–H and O–H groups in total. The quantitative estimate of drug-likeness (QED) is 0.842. The smallest absolute Gasteiger partial charge is 0.0412 e. The molecule has 0 aliphatic heterocycles. The van der Waals surface area contributed by atoms with Crippen LogP contribution in [0.5, 0.6) is 0 Å². The molecule has 18 heavy (non-hydrogen) atoms. The fourth-order valence-electron chi connectivity index (χ4n) is 2.28. The van der Waals surface area contributed by atoms with E-state index in [1.54, 1.807) is 0 Å². The fraction of sp³-hybridized carbons (Fsp3) is 0.250. The minimum absolute atomic E-state index is 0.839. The second kappa shape index (κ2) is 5.57. The maximum atomic E-state index is 3.58. The van der Waals surface area contributed by atoms with E-state index in [0.717, 1.165) is 11.0 Å². The Hall–Kier alpha value is -1.28. The van der Waals surface area contributed by atoms with Gasteiger partial charge in [0.1, 0.15) is 0 Å². The van der Waals surface area contributed by atoms with Crippen LogP contribution < -0.4 is 5.32 Å². The molecule has 2 heteroatoms. The third-order valence-electron chi connectivity index (χ3n) is 3.09. The first-order chi connectivity index (χ1) is 8.58. The summed E-state index contributed by atoms with van der Waals surface area (Å²) in [6.45, 7) is 7.29. The Labute approximate surface area is 117 Å². The van der Waals surface area contributed by atoms with Gasteiger partial charge in [-0.15, -0.1) is 0 Å². The van der Waals surface area contributed by atoms with E-state index in [-0.39, 0.29) is 0 Å². The van der Waals surface area contributed by atoms with Crippen molar-refractivity contribution >= 4 is 21.6 Å². The van der Waals surface area contributed by atoms with Crippen molar-refractivity contribution in [1.82, 2.24) is 0 Å². The number of hydrogen-bond acceptors (Lipinski definition) is 1. The van der Waals surface area contributed by atoms with Crippen LogP contribution in [0.3, 0.4) is 0 Å². The third kappa shape index (κ3) is 2.94. The molecule has 0 spiro atoms. The van der Waals surface area contributed by atoms with E-state index in [1.807, 2.05) is 6.07 Å². The molecule has 0 aromatic heterocycles. The molecule has 2 aromatic carbocycles. The van der Waals surface area contributed by atoms with Crippen molar-refractivity contribution in [3.8, 4) is 0 Å². The Balaban J connectivity index is 2.19. The van der Waals surface area contributed by atoms with Crippen LogP contribution in [-0.2, 0) is 6.54 Å². The van der Waals surface area contributed by atoms with Gasteiger partial charge in [-0.05, 0) is 43.5 Å². The number of halogens is 1. The van der Waals surface area contributed by atoms with Crippen LogP contribution in [0.15, 0.2) is 40.9 Å². The van der Waals surface area contributed by atoms with E-state index >= 15 is 0 Å². The summed E-state index contributed by atoms with van der Waals surface area (Å²) in [5.41, 5.74) is 6.45. The van der Waals surface area contributed by atoms with Gasteiger partial charge in [0.25, 0.3) is 0 Å². The average molecular weight is 304 g/mol. The molecule has 0 fully saturated rings. The summed E-state index contributed by atoms with van der Waals surface area (Å²) in [4.78, 5) is 0. The van der Waals surface area contributed by atoms with Crippen molar-refractivity contribution in [2.45, 2.75) is 27.3 Å². The first-order valence-corrected chi connectivity index (χ1v) is 6.92. The van der Waals surface area contributed by atoms with E-state index in [4.69, 9.17) is 0 Å². The van der Waals surface area contributed by atoms with Gasteiger partial charge in [0, 0.05) is 16.7 Å². The lowest BCUT2D eigenvalue weighted by Crippen LogP contribution is -2.03. The molecule has 2 rings (SSSR count). The van der Waals surface area contributed by atoms with Gasteiger partial charge in [-0.1, -0.05) is 51.8 Å². The van der Waals surface area contributed by atoms with E-state index in [1.165, 1.54) is 27.9 Å². The topological polar surface area (TPSA) is 12.0 Å². The molecule has 0 atom stereocenters. The van der Waals surface area contributed by atoms with Crippen molar-refractivity contribution in [3.63, 3.8) is 0 Å². The van der Waals surface area contributed by atoms with Crippen molar-refractivity contribution in [1.29, 1.82) is 0 Å². The molecule has 0 heterocycles. The van der Waals surface area contributed by atoms with Gasteiger partial charge < -0.3 is 5.32 Å². The van der Waals surface area contributed by atoms with E-state index in [0.29, 0.717) is 0 Å². The molecule has 0 aliphatic rings. The first kappa shape index (κ1) is 13.2. The standard InChI is InChI=1S/C16H18BrN/c1-11-8-12(2)16(13(3)9-11)18-10-14-6-4-5-7-15(14)17/h4-9,18H,10H2,1-3H3. The second-order valence-electron chi connectivity index (χ2n) is 4.72.